The minimum absolute atomic E-state index is 0.0125. The Morgan fingerprint density at radius 2 is 1.97 bits per heavy atom. The second kappa shape index (κ2) is 8.91. The Bertz CT molecular complexity index is 1150. The third-order valence-corrected chi connectivity index (χ3v) is 9.08. The van der Waals surface area contributed by atoms with Crippen LogP contribution in [0.15, 0.2) is 58.8 Å². The Morgan fingerprint density at radius 3 is 2.67 bits per heavy atom. The number of aromatic nitrogens is 1. The number of thioether (sulfide) groups is 1. The molecule has 2 heterocycles. The Hall–Kier alpha value is -2.16. The molecule has 0 spiro atoms. The third kappa shape index (κ3) is 4.94. The van der Waals surface area contributed by atoms with E-state index >= 15 is 0 Å². The number of amides is 1. The van der Waals surface area contributed by atoms with Gasteiger partial charge in [0.15, 0.2) is 15.0 Å². The lowest BCUT2D eigenvalue weighted by atomic mass is 10.1. The van der Waals surface area contributed by atoms with Crippen LogP contribution in [0.2, 0.25) is 0 Å². The van der Waals surface area contributed by atoms with Crippen molar-refractivity contribution in [2.24, 2.45) is 0 Å². The van der Waals surface area contributed by atoms with Crippen molar-refractivity contribution in [2.45, 2.75) is 29.9 Å². The van der Waals surface area contributed by atoms with E-state index in [1.165, 1.54) is 28.7 Å². The first-order chi connectivity index (χ1) is 14.4. The van der Waals surface area contributed by atoms with Gasteiger partial charge in [0.2, 0.25) is 0 Å². The standard InChI is InChI=1S/C22H22N2O3S3/c1-2-15-7-9-16(10-8-15)19-13-28-22(23-19)24-21(25)18-5-3-4-6-20(18)29-17-11-12-30(26,27)14-17/h3-10,13,17H,2,11-12,14H2,1H3,(H,23,24,25)/t17-/m0/s1. The summed E-state index contributed by atoms with van der Waals surface area (Å²) < 4.78 is 23.5. The molecule has 1 amide bonds. The number of carbonyl (C=O) groups excluding carboxylic acids is 1. The highest BCUT2D eigenvalue weighted by atomic mass is 32.2. The molecule has 156 valence electrons. The van der Waals surface area contributed by atoms with E-state index in [4.69, 9.17) is 0 Å². The van der Waals surface area contributed by atoms with Gasteiger partial charge in [0.1, 0.15) is 0 Å². The van der Waals surface area contributed by atoms with E-state index in [-0.39, 0.29) is 22.7 Å². The maximum absolute atomic E-state index is 12.9. The van der Waals surface area contributed by atoms with Crippen LogP contribution in [0.5, 0.6) is 0 Å². The van der Waals surface area contributed by atoms with Gasteiger partial charge in [0, 0.05) is 21.1 Å². The van der Waals surface area contributed by atoms with Crippen molar-refractivity contribution >= 4 is 44.0 Å². The molecule has 5 nitrogen and oxygen atoms in total. The van der Waals surface area contributed by atoms with Gasteiger partial charge in [-0.15, -0.1) is 23.1 Å². The number of sulfone groups is 1. The van der Waals surface area contributed by atoms with Gasteiger partial charge in [0.25, 0.3) is 5.91 Å². The minimum atomic E-state index is -2.96. The van der Waals surface area contributed by atoms with Gasteiger partial charge in [0.05, 0.1) is 22.8 Å². The number of nitrogens with one attached hydrogen (secondary N) is 1. The van der Waals surface area contributed by atoms with Crippen molar-refractivity contribution in [3.05, 3.63) is 65.0 Å². The lowest BCUT2D eigenvalue weighted by Crippen LogP contribution is -2.14. The number of hydrogen-bond donors (Lipinski definition) is 1. The van der Waals surface area contributed by atoms with Crippen LogP contribution in [-0.2, 0) is 16.3 Å². The number of hydrogen-bond acceptors (Lipinski definition) is 6. The molecule has 4 rings (SSSR count). The van der Waals surface area contributed by atoms with Gasteiger partial charge in [-0.25, -0.2) is 13.4 Å². The molecule has 1 aliphatic rings. The average molecular weight is 459 g/mol. The first-order valence-electron chi connectivity index (χ1n) is 9.76. The van der Waals surface area contributed by atoms with Crippen LogP contribution in [0.1, 0.15) is 29.3 Å². The Kier molecular flexibility index (Phi) is 6.26. The molecule has 1 saturated heterocycles. The molecule has 1 aromatic heterocycles. The Labute approximate surface area is 184 Å². The molecule has 30 heavy (non-hydrogen) atoms. The summed E-state index contributed by atoms with van der Waals surface area (Å²) in [6.45, 7) is 2.12. The molecule has 3 aromatic rings. The number of anilines is 1. The minimum Gasteiger partial charge on any atom is -0.298 e. The van der Waals surface area contributed by atoms with Crippen LogP contribution in [0.4, 0.5) is 5.13 Å². The molecule has 2 aromatic carbocycles. The van der Waals surface area contributed by atoms with E-state index < -0.39 is 9.84 Å². The summed E-state index contributed by atoms with van der Waals surface area (Å²) in [5.41, 5.74) is 3.65. The number of benzene rings is 2. The molecule has 1 fully saturated rings. The summed E-state index contributed by atoms with van der Waals surface area (Å²) in [6.07, 6.45) is 1.61. The number of carbonyl (C=O) groups is 1. The molecule has 1 N–H and O–H groups in total. The summed E-state index contributed by atoms with van der Waals surface area (Å²) >= 11 is 2.85. The predicted molar refractivity (Wildman–Crippen MR) is 124 cm³/mol. The monoisotopic (exact) mass is 458 g/mol. The molecule has 1 atom stereocenters. The number of aryl methyl sites for hydroxylation is 1. The van der Waals surface area contributed by atoms with Crippen LogP contribution >= 0.6 is 23.1 Å². The van der Waals surface area contributed by atoms with E-state index in [1.807, 2.05) is 35.7 Å². The molecule has 0 unspecified atom stereocenters. The van der Waals surface area contributed by atoms with Gasteiger partial charge in [-0.05, 0) is 30.5 Å². The Morgan fingerprint density at radius 1 is 1.20 bits per heavy atom. The number of nitrogens with zero attached hydrogens (tertiary/aromatic N) is 1. The fourth-order valence-corrected chi connectivity index (χ4v) is 7.67. The molecule has 0 radical (unpaired) electrons. The first-order valence-corrected chi connectivity index (χ1v) is 13.3. The highest BCUT2D eigenvalue weighted by molar-refractivity contribution is 8.02. The smallest absolute Gasteiger partial charge is 0.258 e. The van der Waals surface area contributed by atoms with Gasteiger partial charge >= 0.3 is 0 Å². The quantitative estimate of drug-likeness (QED) is 0.568. The maximum Gasteiger partial charge on any atom is 0.258 e. The van der Waals surface area contributed by atoms with E-state index in [0.717, 1.165) is 22.6 Å². The van der Waals surface area contributed by atoms with Crippen LogP contribution in [0.3, 0.4) is 0 Å². The third-order valence-electron chi connectivity index (χ3n) is 5.00. The van der Waals surface area contributed by atoms with Crippen molar-refractivity contribution in [3.8, 4) is 11.3 Å². The average Bonchev–Trinajstić information content (AvgIpc) is 3.34. The summed E-state index contributed by atoms with van der Waals surface area (Å²) in [5.74, 6) is 0.154. The summed E-state index contributed by atoms with van der Waals surface area (Å²) in [7, 11) is -2.96. The van der Waals surface area contributed by atoms with Gasteiger partial charge in [-0.2, -0.15) is 0 Å². The Balaban J connectivity index is 1.47. The zero-order valence-corrected chi connectivity index (χ0v) is 18.9. The zero-order valence-electron chi connectivity index (χ0n) is 16.5. The predicted octanol–water partition coefficient (Wildman–Crippen LogP) is 4.90. The van der Waals surface area contributed by atoms with Gasteiger partial charge < -0.3 is 0 Å². The molecule has 1 aliphatic heterocycles. The topological polar surface area (TPSA) is 76.1 Å². The molecular formula is C22H22N2O3S3. The van der Waals surface area contributed by atoms with Crippen LogP contribution < -0.4 is 5.32 Å². The van der Waals surface area contributed by atoms with Crippen LogP contribution in [-0.4, -0.2) is 36.1 Å². The fraction of sp³-hybridized carbons (Fsp3) is 0.273. The molecule has 0 aliphatic carbocycles. The highest BCUT2D eigenvalue weighted by Gasteiger charge is 2.29. The van der Waals surface area contributed by atoms with E-state index in [2.05, 4.69) is 29.4 Å². The molecular weight excluding hydrogens is 436 g/mol. The zero-order chi connectivity index (χ0) is 21.1. The van der Waals surface area contributed by atoms with E-state index in [0.29, 0.717) is 17.1 Å². The molecule has 8 heteroatoms. The largest absolute Gasteiger partial charge is 0.298 e. The van der Waals surface area contributed by atoms with Crippen molar-refractivity contribution in [2.75, 3.05) is 16.8 Å². The number of rotatable bonds is 6. The van der Waals surface area contributed by atoms with Crippen molar-refractivity contribution < 1.29 is 13.2 Å². The van der Waals surface area contributed by atoms with E-state index in [9.17, 15) is 13.2 Å². The van der Waals surface area contributed by atoms with Gasteiger partial charge in [-0.3, -0.25) is 10.1 Å². The summed E-state index contributed by atoms with van der Waals surface area (Å²) in [5, 5.41) is 5.35. The second-order valence-electron chi connectivity index (χ2n) is 7.18. The van der Waals surface area contributed by atoms with E-state index in [1.54, 1.807) is 6.07 Å². The number of thiazole rings is 1. The highest BCUT2D eigenvalue weighted by Crippen LogP contribution is 2.33. The molecule has 0 bridgehead atoms. The lowest BCUT2D eigenvalue weighted by molar-refractivity contribution is 0.102. The van der Waals surface area contributed by atoms with Crippen molar-refractivity contribution in [1.82, 2.24) is 4.98 Å². The normalized spacial score (nSPS) is 17.7. The first kappa shape index (κ1) is 21.1. The maximum atomic E-state index is 12.9. The summed E-state index contributed by atoms with van der Waals surface area (Å²) in [6, 6.07) is 15.6. The summed E-state index contributed by atoms with van der Waals surface area (Å²) in [4.78, 5) is 18.2. The second-order valence-corrected chi connectivity index (χ2v) is 11.6. The SMILES string of the molecule is CCc1ccc(-c2csc(NC(=O)c3ccccc3S[C@H]3CCS(=O)(=O)C3)n2)cc1. The van der Waals surface area contributed by atoms with Crippen molar-refractivity contribution in [1.29, 1.82) is 0 Å². The lowest BCUT2D eigenvalue weighted by Gasteiger charge is -2.12. The van der Waals surface area contributed by atoms with Crippen molar-refractivity contribution in [3.63, 3.8) is 0 Å². The van der Waals surface area contributed by atoms with Crippen LogP contribution in [0.25, 0.3) is 11.3 Å². The fourth-order valence-electron chi connectivity index (χ4n) is 3.33. The van der Waals surface area contributed by atoms with Gasteiger partial charge in [-0.1, -0.05) is 43.3 Å². The van der Waals surface area contributed by atoms with Crippen LogP contribution in [0, 0.1) is 0 Å². The molecule has 0 saturated carbocycles.